The summed E-state index contributed by atoms with van der Waals surface area (Å²) in [4.78, 5) is 22.4. The van der Waals surface area contributed by atoms with Gasteiger partial charge in [-0.15, -0.1) is 0 Å². The van der Waals surface area contributed by atoms with Crippen LogP contribution in [0.3, 0.4) is 0 Å². The van der Waals surface area contributed by atoms with E-state index in [0.717, 1.165) is 6.42 Å². The van der Waals surface area contributed by atoms with Gasteiger partial charge in [-0.2, -0.15) is 0 Å². The lowest BCUT2D eigenvalue weighted by atomic mass is 10.1. The summed E-state index contributed by atoms with van der Waals surface area (Å²) < 4.78 is 5.66. The highest BCUT2D eigenvalue weighted by molar-refractivity contribution is 5.71. The number of aliphatic carboxylic acids is 1. The molecule has 0 aliphatic rings. The van der Waals surface area contributed by atoms with Gasteiger partial charge in [0, 0.05) is 0 Å². The maximum absolute atomic E-state index is 11.6. The Balaban J connectivity index is 4.38. The zero-order chi connectivity index (χ0) is 15.1. The van der Waals surface area contributed by atoms with Crippen molar-refractivity contribution in [2.45, 2.75) is 44.8 Å². The highest BCUT2D eigenvalue weighted by atomic mass is 16.5. The van der Waals surface area contributed by atoms with Crippen LogP contribution in [-0.2, 0) is 14.3 Å². The molecule has 0 aromatic heterocycles. The number of carbonyl (C=O) groups excluding carboxylic acids is 1. The van der Waals surface area contributed by atoms with E-state index in [4.69, 9.17) is 9.84 Å². The monoisotopic (exact) mass is 276 g/mol. The number of nitrogens with zero attached hydrogens (tertiary/aromatic N) is 1. The van der Waals surface area contributed by atoms with Crippen LogP contribution in [0.15, 0.2) is 0 Å². The van der Waals surface area contributed by atoms with Gasteiger partial charge >= 0.3 is 11.9 Å². The first-order chi connectivity index (χ1) is 8.64. The second kappa shape index (κ2) is 8.12. The molecule has 19 heavy (non-hydrogen) atoms. The van der Waals surface area contributed by atoms with Crippen molar-refractivity contribution in [2.75, 3.05) is 27.7 Å². The molecule has 0 radical (unpaired) electrons. The van der Waals surface area contributed by atoms with Crippen LogP contribution in [0.25, 0.3) is 0 Å². The molecule has 0 aromatic carbocycles. The molecule has 0 saturated carbocycles. The van der Waals surface area contributed by atoms with E-state index in [-0.39, 0.29) is 12.8 Å². The van der Waals surface area contributed by atoms with E-state index in [1.54, 1.807) is 0 Å². The third kappa shape index (κ3) is 10.5. The zero-order valence-corrected chi connectivity index (χ0v) is 12.3. The van der Waals surface area contributed by atoms with E-state index < -0.39 is 24.1 Å². The highest BCUT2D eigenvalue weighted by Gasteiger charge is 2.25. The third-order valence-corrected chi connectivity index (χ3v) is 2.48. The predicted octanol–water partition coefficient (Wildman–Crippen LogP) is 0.630. The van der Waals surface area contributed by atoms with Crippen LogP contribution in [0, 0.1) is 0 Å². The summed E-state index contributed by atoms with van der Waals surface area (Å²) in [5, 5.41) is 18.3. The molecule has 0 aliphatic carbocycles. The van der Waals surface area contributed by atoms with Crippen molar-refractivity contribution in [2.24, 2.45) is 0 Å². The maximum Gasteiger partial charge on any atom is 0.308 e. The molecule has 0 amide bonds. The summed E-state index contributed by atoms with van der Waals surface area (Å²) in [7, 11) is 5.69. The van der Waals surface area contributed by atoms with E-state index in [1.807, 2.05) is 28.1 Å². The fourth-order valence-electron chi connectivity index (χ4n) is 1.81. The average molecular weight is 276 g/mol. The lowest BCUT2D eigenvalue weighted by molar-refractivity contribution is -0.873. The highest BCUT2D eigenvalue weighted by Crippen LogP contribution is 2.09. The van der Waals surface area contributed by atoms with Crippen molar-refractivity contribution in [3.8, 4) is 0 Å². The van der Waals surface area contributed by atoms with Crippen molar-refractivity contribution < 1.29 is 29.0 Å². The molecule has 112 valence electrons. The number of likely N-dealkylation sites (N-methyl/N-ethyl adjacent to an activating group) is 1. The van der Waals surface area contributed by atoms with Crippen LogP contribution in [0.5, 0.6) is 0 Å². The lowest BCUT2D eigenvalue weighted by Gasteiger charge is -2.28. The van der Waals surface area contributed by atoms with Crippen molar-refractivity contribution in [1.82, 2.24) is 0 Å². The normalized spacial score (nSPS) is 14.8. The number of carbonyl (C=O) groups is 2. The van der Waals surface area contributed by atoms with Crippen LogP contribution in [0.1, 0.15) is 32.6 Å². The number of rotatable bonds is 9. The van der Waals surface area contributed by atoms with Gasteiger partial charge in [0.05, 0.1) is 40.1 Å². The minimum absolute atomic E-state index is 0.0822. The second-order valence-corrected chi connectivity index (χ2v) is 5.83. The summed E-state index contributed by atoms with van der Waals surface area (Å²) in [6.45, 7) is 2.33. The Labute approximate surface area is 114 Å². The molecule has 0 aromatic rings. The van der Waals surface area contributed by atoms with Gasteiger partial charge in [-0.05, 0) is 6.42 Å². The third-order valence-electron chi connectivity index (χ3n) is 2.48. The van der Waals surface area contributed by atoms with Gasteiger partial charge < -0.3 is 19.4 Å². The molecule has 0 rings (SSSR count). The number of aliphatic hydroxyl groups is 1. The average Bonchev–Trinajstić information content (AvgIpc) is 2.12. The molecule has 0 aliphatic heterocycles. The fourth-order valence-corrected chi connectivity index (χ4v) is 1.81. The molecule has 0 spiro atoms. The number of carboxylic acid groups (broad SMARTS) is 1. The van der Waals surface area contributed by atoms with Crippen LogP contribution in [-0.4, -0.2) is 66.5 Å². The smallest absolute Gasteiger partial charge is 0.308 e. The van der Waals surface area contributed by atoms with Crippen molar-refractivity contribution >= 4 is 11.9 Å². The van der Waals surface area contributed by atoms with Crippen LogP contribution < -0.4 is 0 Å². The van der Waals surface area contributed by atoms with Gasteiger partial charge in [-0.1, -0.05) is 13.3 Å². The Morgan fingerprint density at radius 2 is 1.79 bits per heavy atom. The van der Waals surface area contributed by atoms with E-state index in [2.05, 4.69) is 0 Å². The predicted molar refractivity (Wildman–Crippen MR) is 70.6 cm³/mol. The standard InChI is InChI=1S/C13H25NO5/c1-5-6-10(15)7-13(18)19-11(8-12(16)17)9-14(2,3)4/h10-11,15H,5-9H2,1-4H3/p+1/t10?,11-/m1/s1. The molecule has 2 N–H and O–H groups in total. The maximum atomic E-state index is 11.6. The number of ether oxygens (including phenoxy) is 1. The molecule has 0 fully saturated rings. The lowest BCUT2D eigenvalue weighted by Crippen LogP contribution is -2.44. The van der Waals surface area contributed by atoms with Gasteiger partial charge in [-0.3, -0.25) is 9.59 Å². The van der Waals surface area contributed by atoms with E-state index in [0.29, 0.717) is 17.4 Å². The van der Waals surface area contributed by atoms with Crippen LogP contribution >= 0.6 is 0 Å². The quantitative estimate of drug-likeness (QED) is 0.477. The number of esters is 1. The van der Waals surface area contributed by atoms with Gasteiger partial charge in [0.15, 0.2) is 6.10 Å². The number of quaternary nitrogens is 1. The minimum Gasteiger partial charge on any atom is -0.481 e. The molecule has 0 bridgehead atoms. The fraction of sp³-hybridized carbons (Fsp3) is 0.846. The SMILES string of the molecule is CCCC(O)CC(=O)O[C@H](CC(=O)O)C[N+](C)(C)C. The van der Waals surface area contributed by atoms with Crippen molar-refractivity contribution in [3.63, 3.8) is 0 Å². The molecular formula is C13H26NO5+. The van der Waals surface area contributed by atoms with E-state index in [1.165, 1.54) is 0 Å². The minimum atomic E-state index is -1.000. The van der Waals surface area contributed by atoms with E-state index >= 15 is 0 Å². The number of carboxylic acids is 1. The Hall–Kier alpha value is -1.14. The Morgan fingerprint density at radius 1 is 1.21 bits per heavy atom. The van der Waals surface area contributed by atoms with Gasteiger partial charge in [-0.25, -0.2) is 0 Å². The summed E-state index contributed by atoms with van der Waals surface area (Å²) >= 11 is 0. The van der Waals surface area contributed by atoms with Crippen LogP contribution in [0.2, 0.25) is 0 Å². The number of aliphatic hydroxyl groups excluding tert-OH is 1. The van der Waals surface area contributed by atoms with Crippen molar-refractivity contribution in [3.05, 3.63) is 0 Å². The summed E-state index contributed by atoms with van der Waals surface area (Å²) in [6, 6.07) is 0. The molecule has 1 unspecified atom stereocenters. The Morgan fingerprint density at radius 3 is 2.21 bits per heavy atom. The summed E-state index contributed by atoms with van der Waals surface area (Å²) in [6.07, 6.45) is -0.363. The van der Waals surface area contributed by atoms with Crippen LogP contribution in [0.4, 0.5) is 0 Å². The topological polar surface area (TPSA) is 83.8 Å². The van der Waals surface area contributed by atoms with E-state index in [9.17, 15) is 14.7 Å². The molecular weight excluding hydrogens is 250 g/mol. The number of hydrogen-bond acceptors (Lipinski definition) is 4. The summed E-state index contributed by atoms with van der Waals surface area (Å²) in [5.41, 5.74) is 0. The molecule has 6 heteroatoms. The first-order valence-electron chi connectivity index (χ1n) is 6.53. The Bertz CT molecular complexity index is 298. The van der Waals surface area contributed by atoms with Gasteiger partial charge in [0.1, 0.15) is 6.54 Å². The van der Waals surface area contributed by atoms with Crippen molar-refractivity contribution in [1.29, 1.82) is 0 Å². The Kier molecular flexibility index (Phi) is 7.63. The first-order valence-corrected chi connectivity index (χ1v) is 6.53. The zero-order valence-electron chi connectivity index (χ0n) is 12.3. The first kappa shape index (κ1) is 17.9. The molecule has 6 nitrogen and oxygen atoms in total. The molecule has 0 heterocycles. The second-order valence-electron chi connectivity index (χ2n) is 5.83. The number of hydrogen-bond donors (Lipinski definition) is 2. The van der Waals surface area contributed by atoms with Gasteiger partial charge in [0.25, 0.3) is 0 Å². The molecule has 2 atom stereocenters. The molecule has 0 saturated heterocycles. The summed E-state index contributed by atoms with van der Waals surface area (Å²) in [5.74, 6) is -1.54. The van der Waals surface area contributed by atoms with Gasteiger partial charge in [0.2, 0.25) is 0 Å². The largest absolute Gasteiger partial charge is 0.481 e.